The number of carbonyl (C=O) groups excluding carboxylic acids is 4. The number of aromatic hydroxyl groups is 2. The van der Waals surface area contributed by atoms with Crippen LogP contribution in [0, 0.1) is 18.3 Å². The van der Waals surface area contributed by atoms with E-state index in [4.69, 9.17) is 5.73 Å². The maximum atomic E-state index is 14.1. The van der Waals surface area contributed by atoms with Crippen molar-refractivity contribution in [3.63, 3.8) is 0 Å². The van der Waals surface area contributed by atoms with Crippen LogP contribution in [-0.4, -0.2) is 49.3 Å². The molecule has 0 heterocycles. The lowest BCUT2D eigenvalue weighted by Crippen LogP contribution is -2.58. The number of primary amides is 1. The van der Waals surface area contributed by atoms with Crippen LogP contribution in [0.5, 0.6) is 11.5 Å². The van der Waals surface area contributed by atoms with Crippen LogP contribution in [0.2, 0.25) is 0 Å². The van der Waals surface area contributed by atoms with Gasteiger partial charge in [-0.1, -0.05) is 25.5 Å². The van der Waals surface area contributed by atoms with Crippen molar-refractivity contribution in [3.05, 3.63) is 56.9 Å². The summed E-state index contributed by atoms with van der Waals surface area (Å²) in [5, 5.41) is 45.3. The van der Waals surface area contributed by atoms with E-state index < -0.39 is 69.3 Å². The first-order valence-electron chi connectivity index (χ1n) is 12.9. The van der Waals surface area contributed by atoms with Gasteiger partial charge in [0.25, 0.3) is 5.91 Å². The predicted octanol–water partition coefficient (Wildman–Crippen LogP) is 3.12. The molecule has 1 spiro atoms. The number of hydrogen-bond acceptors (Lipinski definition) is 8. The lowest BCUT2D eigenvalue weighted by molar-refractivity contribution is -0.124. The van der Waals surface area contributed by atoms with Gasteiger partial charge in [-0.3, -0.25) is 19.2 Å². The van der Waals surface area contributed by atoms with Crippen molar-refractivity contribution in [1.82, 2.24) is 0 Å². The van der Waals surface area contributed by atoms with Gasteiger partial charge in [0.15, 0.2) is 17.2 Å². The van der Waals surface area contributed by atoms with Crippen molar-refractivity contribution in [2.75, 3.05) is 0 Å². The van der Waals surface area contributed by atoms with E-state index in [1.807, 2.05) is 13.8 Å². The maximum absolute atomic E-state index is 14.1. The Morgan fingerprint density at radius 1 is 1.05 bits per heavy atom. The molecule has 0 radical (unpaired) electrons. The number of aliphatic hydroxyl groups excluding tert-OH is 1. The molecule has 9 heteroatoms. The van der Waals surface area contributed by atoms with Crippen molar-refractivity contribution in [3.8, 4) is 11.5 Å². The van der Waals surface area contributed by atoms with E-state index in [0.717, 1.165) is 29.5 Å². The van der Waals surface area contributed by atoms with Gasteiger partial charge in [0.1, 0.15) is 22.8 Å². The monoisotopic (exact) mass is 531 g/mol. The summed E-state index contributed by atoms with van der Waals surface area (Å²) in [5.41, 5.74) is 2.89. The molecule has 39 heavy (non-hydrogen) atoms. The Morgan fingerprint density at radius 3 is 2.33 bits per heavy atom. The quantitative estimate of drug-likeness (QED) is 0.275. The number of phenols is 2. The number of fused-ring (bicyclic) bond motifs is 4. The van der Waals surface area contributed by atoms with Crippen LogP contribution in [0.15, 0.2) is 29.0 Å². The first-order chi connectivity index (χ1) is 18.1. The van der Waals surface area contributed by atoms with E-state index in [9.17, 15) is 39.6 Å². The third-order valence-corrected chi connectivity index (χ3v) is 9.90. The highest BCUT2D eigenvalue weighted by molar-refractivity contribution is 6.30. The first kappa shape index (κ1) is 25.3. The van der Waals surface area contributed by atoms with Gasteiger partial charge in [-0.15, -0.1) is 0 Å². The zero-order valence-electron chi connectivity index (χ0n) is 22.1. The number of benzene rings is 2. The summed E-state index contributed by atoms with van der Waals surface area (Å²) in [4.78, 5) is 52.8. The van der Waals surface area contributed by atoms with Gasteiger partial charge < -0.3 is 26.2 Å². The summed E-state index contributed by atoms with van der Waals surface area (Å²) in [6, 6.07) is 1.52. The number of carbonyl (C=O) groups is 4. The molecule has 202 valence electrons. The molecule has 2 aromatic rings. The van der Waals surface area contributed by atoms with Gasteiger partial charge in [-0.2, -0.15) is 0 Å². The highest BCUT2D eigenvalue weighted by atomic mass is 16.3. The SMILES string of the molecule is CC1=CCCC(C)(C)[C@@]12Cc1c3c(c(O)c4c(O)cc(C)c2c14)C(=O)[C@]1(O)C(O)=C(C(N)=O)C(=O)C[C@@H]1C3=O. The largest absolute Gasteiger partial charge is 0.508 e. The summed E-state index contributed by atoms with van der Waals surface area (Å²) in [6.07, 6.45) is 3.44. The Balaban J connectivity index is 1.76. The number of hydrogen-bond donors (Lipinski definition) is 5. The Morgan fingerprint density at radius 2 is 1.72 bits per heavy atom. The van der Waals surface area contributed by atoms with Crippen LogP contribution < -0.4 is 5.73 Å². The van der Waals surface area contributed by atoms with E-state index in [2.05, 4.69) is 19.9 Å². The predicted molar refractivity (Wildman–Crippen MR) is 140 cm³/mol. The smallest absolute Gasteiger partial charge is 0.255 e. The molecule has 4 aliphatic carbocycles. The second-order valence-corrected chi connectivity index (χ2v) is 12.0. The molecule has 9 nitrogen and oxygen atoms in total. The molecule has 3 atom stereocenters. The number of amides is 1. The molecular weight excluding hydrogens is 502 g/mol. The average molecular weight is 532 g/mol. The van der Waals surface area contributed by atoms with Crippen LogP contribution >= 0.6 is 0 Å². The Labute approximate surface area is 223 Å². The van der Waals surface area contributed by atoms with E-state index in [1.54, 1.807) is 0 Å². The molecule has 0 saturated heterocycles. The van der Waals surface area contributed by atoms with Gasteiger partial charge in [-0.05, 0) is 66.7 Å². The van der Waals surface area contributed by atoms with Crippen LogP contribution in [0.4, 0.5) is 0 Å². The Bertz CT molecular complexity index is 1690. The normalized spacial score (nSPS) is 29.1. The lowest BCUT2D eigenvalue weighted by atomic mass is 9.53. The number of Topliss-reactive ketones (excluding diaryl/α,β-unsaturated/α-hetero) is 3. The standard InChI is InChI=1S/C30H29NO8/c1-11-8-15(32)19-17-13(10-29(22(11)17)12(2)6-5-7-28(29,3)4)18-21(24(19)35)26(37)30(39)14(23(18)34)9-16(33)20(25(30)36)27(31)38/h6,8,14,32,35-36,39H,5,7,9-10H2,1-4H3,(H2,31,38)/t14-,29+,30-/m1/s1. The van der Waals surface area contributed by atoms with Gasteiger partial charge in [0, 0.05) is 17.4 Å². The van der Waals surface area contributed by atoms with Crippen molar-refractivity contribution in [2.45, 2.75) is 64.4 Å². The average Bonchev–Trinajstić information content (AvgIpc) is 3.19. The minimum Gasteiger partial charge on any atom is -0.508 e. The van der Waals surface area contributed by atoms with Crippen molar-refractivity contribution in [2.24, 2.45) is 17.1 Å². The minimum atomic E-state index is -2.97. The molecule has 0 unspecified atom stereocenters. The molecule has 6 rings (SSSR count). The minimum absolute atomic E-state index is 0.0240. The van der Waals surface area contributed by atoms with Crippen molar-refractivity contribution in [1.29, 1.82) is 0 Å². The molecule has 4 aliphatic rings. The molecule has 0 fully saturated rings. The molecule has 0 bridgehead atoms. The second-order valence-electron chi connectivity index (χ2n) is 12.0. The van der Waals surface area contributed by atoms with Crippen molar-refractivity contribution >= 4 is 34.0 Å². The second kappa shape index (κ2) is 7.35. The van der Waals surface area contributed by atoms with Crippen LogP contribution in [0.1, 0.15) is 77.4 Å². The summed E-state index contributed by atoms with van der Waals surface area (Å²) in [5.74, 6) is -8.36. The topological polar surface area (TPSA) is 175 Å². The summed E-state index contributed by atoms with van der Waals surface area (Å²) < 4.78 is 0. The molecular formula is C30H29NO8. The third kappa shape index (κ3) is 2.64. The van der Waals surface area contributed by atoms with E-state index in [-0.39, 0.29) is 22.1 Å². The van der Waals surface area contributed by atoms with E-state index in [1.165, 1.54) is 6.07 Å². The van der Waals surface area contributed by atoms with Gasteiger partial charge in [0.2, 0.25) is 5.78 Å². The van der Waals surface area contributed by atoms with Gasteiger partial charge in [-0.25, -0.2) is 0 Å². The molecule has 1 amide bonds. The molecule has 0 saturated carbocycles. The van der Waals surface area contributed by atoms with E-state index in [0.29, 0.717) is 17.4 Å². The highest BCUT2D eigenvalue weighted by Crippen LogP contribution is 2.64. The maximum Gasteiger partial charge on any atom is 0.255 e. The van der Waals surface area contributed by atoms with Crippen LogP contribution in [-0.2, 0) is 21.4 Å². The molecule has 2 aromatic carbocycles. The number of allylic oxidation sites excluding steroid dienone is 2. The fraction of sp³-hybridized carbons (Fsp3) is 0.400. The summed E-state index contributed by atoms with van der Waals surface area (Å²) in [6.45, 7) is 8.16. The molecule has 0 aromatic heterocycles. The zero-order valence-corrected chi connectivity index (χ0v) is 22.1. The summed E-state index contributed by atoms with van der Waals surface area (Å²) >= 11 is 0. The number of ketones is 3. The van der Waals surface area contributed by atoms with Gasteiger partial charge >= 0.3 is 0 Å². The molecule has 6 N–H and O–H groups in total. The first-order valence-corrected chi connectivity index (χ1v) is 12.9. The number of nitrogens with two attached hydrogens (primary N) is 1. The highest BCUT2D eigenvalue weighted by Gasteiger charge is 2.63. The van der Waals surface area contributed by atoms with E-state index >= 15 is 0 Å². The third-order valence-electron chi connectivity index (χ3n) is 9.90. The number of phenolic OH excluding ortho intramolecular Hbond substituents is 2. The van der Waals surface area contributed by atoms with Crippen molar-refractivity contribution < 1.29 is 39.6 Å². The fourth-order valence-electron chi connectivity index (χ4n) is 8.01. The number of aliphatic hydroxyl groups is 2. The summed E-state index contributed by atoms with van der Waals surface area (Å²) in [7, 11) is 0. The number of rotatable bonds is 1. The van der Waals surface area contributed by atoms with Crippen LogP contribution in [0.3, 0.4) is 0 Å². The fourth-order valence-corrected chi connectivity index (χ4v) is 8.01. The zero-order chi connectivity index (χ0) is 28.6. The van der Waals surface area contributed by atoms with Crippen LogP contribution in [0.25, 0.3) is 10.8 Å². The Kier molecular flexibility index (Phi) is 4.77. The lowest BCUT2D eigenvalue weighted by Gasteiger charge is -2.50. The van der Waals surface area contributed by atoms with Gasteiger partial charge in [0.05, 0.1) is 16.9 Å². The number of aryl methyl sites for hydroxylation is 1. The molecule has 0 aliphatic heterocycles. The Hall–Kier alpha value is -3.98.